The molecule has 0 radical (unpaired) electrons. The number of nitrogen functional groups attached to an aromatic ring is 1. The Balaban J connectivity index is 2.42. The van der Waals surface area contributed by atoms with Crippen LogP contribution in [0.3, 0.4) is 0 Å². The number of hydrogen-bond acceptors (Lipinski definition) is 4. The Morgan fingerprint density at radius 2 is 2.60 bits per heavy atom. The van der Waals surface area contributed by atoms with Crippen LogP contribution in [-0.4, -0.2) is 10.7 Å². The normalized spacial score (nSPS) is 10.1. The van der Waals surface area contributed by atoms with Gasteiger partial charge in [0, 0.05) is 5.75 Å². The SMILES string of the molecule is CCCSc1ncc(N)s1. The van der Waals surface area contributed by atoms with Crippen LogP contribution in [0.5, 0.6) is 0 Å². The molecule has 0 amide bonds. The fraction of sp³-hybridized carbons (Fsp3) is 0.500. The predicted octanol–water partition coefficient (Wildman–Crippen LogP) is 2.23. The maximum atomic E-state index is 5.49. The Morgan fingerprint density at radius 1 is 1.80 bits per heavy atom. The summed E-state index contributed by atoms with van der Waals surface area (Å²) in [6.07, 6.45) is 2.90. The number of rotatable bonds is 3. The predicted molar refractivity (Wildman–Crippen MR) is 47.5 cm³/mol. The van der Waals surface area contributed by atoms with Gasteiger partial charge in [0.1, 0.15) is 5.00 Å². The summed E-state index contributed by atoms with van der Waals surface area (Å²) in [5, 5.41) is 0.804. The van der Waals surface area contributed by atoms with Crippen LogP contribution >= 0.6 is 23.1 Å². The van der Waals surface area contributed by atoms with Crippen molar-refractivity contribution in [2.75, 3.05) is 11.5 Å². The lowest BCUT2D eigenvalue weighted by Gasteiger charge is -1.89. The van der Waals surface area contributed by atoms with Crippen LogP contribution < -0.4 is 5.73 Å². The van der Waals surface area contributed by atoms with Gasteiger partial charge in [0.05, 0.1) is 6.20 Å². The molecule has 2 N–H and O–H groups in total. The summed E-state index contributed by atoms with van der Waals surface area (Å²) in [5.74, 6) is 1.13. The molecule has 2 nitrogen and oxygen atoms in total. The molecular weight excluding hydrogens is 164 g/mol. The molecule has 0 saturated heterocycles. The molecule has 0 aliphatic heterocycles. The minimum Gasteiger partial charge on any atom is -0.389 e. The minimum atomic E-state index is 0.804. The van der Waals surface area contributed by atoms with E-state index in [0.29, 0.717) is 0 Å². The highest BCUT2D eigenvalue weighted by Gasteiger charge is 1.96. The highest BCUT2D eigenvalue weighted by Crippen LogP contribution is 2.25. The number of nitrogens with zero attached hydrogens (tertiary/aromatic N) is 1. The van der Waals surface area contributed by atoms with Crippen LogP contribution in [-0.2, 0) is 0 Å². The van der Waals surface area contributed by atoms with Crippen molar-refractivity contribution in [1.29, 1.82) is 0 Å². The lowest BCUT2D eigenvalue weighted by Crippen LogP contribution is -1.73. The zero-order valence-corrected chi connectivity index (χ0v) is 7.47. The third kappa shape index (κ3) is 2.19. The Labute approximate surface area is 68.8 Å². The van der Waals surface area contributed by atoms with Gasteiger partial charge in [0.25, 0.3) is 0 Å². The second-order valence-corrected chi connectivity index (χ2v) is 4.28. The monoisotopic (exact) mass is 174 g/mol. The molecule has 0 aliphatic rings. The quantitative estimate of drug-likeness (QED) is 0.714. The van der Waals surface area contributed by atoms with Gasteiger partial charge in [-0.05, 0) is 6.42 Å². The fourth-order valence-electron chi connectivity index (χ4n) is 0.526. The van der Waals surface area contributed by atoms with Crippen LogP contribution in [0.2, 0.25) is 0 Å². The van der Waals surface area contributed by atoms with Crippen molar-refractivity contribution >= 4 is 28.1 Å². The van der Waals surface area contributed by atoms with Gasteiger partial charge in [0.2, 0.25) is 0 Å². The van der Waals surface area contributed by atoms with Crippen molar-refractivity contribution in [2.24, 2.45) is 0 Å². The second-order valence-electron chi connectivity index (χ2n) is 1.88. The molecule has 4 heteroatoms. The average molecular weight is 174 g/mol. The number of anilines is 1. The highest BCUT2D eigenvalue weighted by atomic mass is 32.2. The summed E-state index contributed by atoms with van der Waals surface area (Å²) in [4.78, 5) is 4.11. The van der Waals surface area contributed by atoms with Crippen molar-refractivity contribution in [3.63, 3.8) is 0 Å². The maximum absolute atomic E-state index is 5.49. The van der Waals surface area contributed by atoms with Gasteiger partial charge in [0.15, 0.2) is 4.34 Å². The van der Waals surface area contributed by atoms with Crippen molar-refractivity contribution in [3.05, 3.63) is 6.20 Å². The number of hydrogen-bond donors (Lipinski definition) is 1. The van der Waals surface area contributed by atoms with Crippen LogP contribution in [0.25, 0.3) is 0 Å². The number of nitrogens with two attached hydrogens (primary N) is 1. The first kappa shape index (κ1) is 7.88. The molecule has 1 heterocycles. The third-order valence-electron chi connectivity index (χ3n) is 0.932. The first-order chi connectivity index (χ1) is 4.83. The van der Waals surface area contributed by atoms with E-state index in [1.165, 1.54) is 6.42 Å². The molecule has 0 spiro atoms. The van der Waals surface area contributed by atoms with E-state index in [1.807, 2.05) is 0 Å². The van der Waals surface area contributed by atoms with Crippen molar-refractivity contribution in [2.45, 2.75) is 17.7 Å². The number of thioether (sulfide) groups is 1. The largest absolute Gasteiger partial charge is 0.389 e. The van der Waals surface area contributed by atoms with Gasteiger partial charge in [-0.1, -0.05) is 30.0 Å². The third-order valence-corrected chi connectivity index (χ3v) is 3.12. The lowest BCUT2D eigenvalue weighted by molar-refractivity contribution is 1.10. The van der Waals surface area contributed by atoms with Gasteiger partial charge < -0.3 is 5.73 Å². The molecule has 0 saturated carbocycles. The molecule has 1 rings (SSSR count). The van der Waals surface area contributed by atoms with E-state index in [4.69, 9.17) is 5.73 Å². The van der Waals surface area contributed by atoms with Gasteiger partial charge in [-0.3, -0.25) is 0 Å². The zero-order valence-electron chi connectivity index (χ0n) is 5.83. The van der Waals surface area contributed by atoms with Crippen molar-refractivity contribution in [1.82, 2.24) is 4.98 Å². The Morgan fingerprint density at radius 3 is 3.10 bits per heavy atom. The smallest absolute Gasteiger partial charge is 0.151 e. The molecular formula is C6H10N2S2. The average Bonchev–Trinajstić information content (AvgIpc) is 2.31. The molecule has 0 aromatic carbocycles. The molecule has 10 heavy (non-hydrogen) atoms. The molecule has 0 bridgehead atoms. The van der Waals surface area contributed by atoms with Crippen LogP contribution in [0, 0.1) is 0 Å². The van der Waals surface area contributed by atoms with E-state index in [0.717, 1.165) is 15.1 Å². The molecule has 56 valence electrons. The molecule has 0 aliphatic carbocycles. The van der Waals surface area contributed by atoms with E-state index in [9.17, 15) is 0 Å². The molecule has 0 unspecified atom stereocenters. The van der Waals surface area contributed by atoms with Gasteiger partial charge in [-0.15, -0.1) is 0 Å². The maximum Gasteiger partial charge on any atom is 0.151 e. The van der Waals surface area contributed by atoms with Crippen LogP contribution in [0.15, 0.2) is 10.5 Å². The molecule has 1 aromatic heterocycles. The Bertz CT molecular complexity index is 197. The van der Waals surface area contributed by atoms with E-state index in [-0.39, 0.29) is 0 Å². The standard InChI is InChI=1S/C6H10N2S2/c1-2-3-9-6-8-4-5(7)10-6/h4H,2-3,7H2,1H3. The van der Waals surface area contributed by atoms with Crippen LogP contribution in [0.1, 0.15) is 13.3 Å². The summed E-state index contributed by atoms with van der Waals surface area (Å²) in [6, 6.07) is 0. The summed E-state index contributed by atoms with van der Waals surface area (Å²) < 4.78 is 1.08. The second kappa shape index (κ2) is 3.83. The Hall–Kier alpha value is -0.220. The van der Waals surface area contributed by atoms with Crippen molar-refractivity contribution < 1.29 is 0 Å². The van der Waals surface area contributed by atoms with Crippen LogP contribution in [0.4, 0.5) is 5.00 Å². The number of aromatic nitrogens is 1. The van der Waals surface area contributed by atoms with E-state index in [2.05, 4.69) is 11.9 Å². The van der Waals surface area contributed by atoms with Crippen molar-refractivity contribution in [3.8, 4) is 0 Å². The summed E-state index contributed by atoms with van der Waals surface area (Å²) >= 11 is 3.33. The molecule has 1 aromatic rings. The van der Waals surface area contributed by atoms with E-state index < -0.39 is 0 Å². The number of thiazole rings is 1. The van der Waals surface area contributed by atoms with Gasteiger partial charge in [-0.2, -0.15) is 0 Å². The van der Waals surface area contributed by atoms with E-state index in [1.54, 1.807) is 29.3 Å². The van der Waals surface area contributed by atoms with Gasteiger partial charge in [-0.25, -0.2) is 4.98 Å². The van der Waals surface area contributed by atoms with Gasteiger partial charge >= 0.3 is 0 Å². The summed E-state index contributed by atoms with van der Waals surface area (Å²) in [6.45, 7) is 2.16. The lowest BCUT2D eigenvalue weighted by atomic mass is 10.6. The molecule has 0 fully saturated rings. The minimum absolute atomic E-state index is 0.804. The first-order valence-corrected chi connectivity index (χ1v) is 4.97. The Kier molecular flexibility index (Phi) is 3.02. The van der Waals surface area contributed by atoms with E-state index >= 15 is 0 Å². The highest BCUT2D eigenvalue weighted by molar-refractivity contribution is 8.01. The fourth-order valence-corrected chi connectivity index (χ4v) is 2.22. The summed E-state index contributed by atoms with van der Waals surface area (Å²) in [5.41, 5.74) is 5.49. The first-order valence-electron chi connectivity index (χ1n) is 3.17. The molecule has 0 atom stereocenters. The summed E-state index contributed by atoms with van der Waals surface area (Å²) in [7, 11) is 0. The zero-order chi connectivity index (χ0) is 7.40. The topological polar surface area (TPSA) is 38.9 Å².